The second-order valence-corrected chi connectivity index (χ2v) is 7.11. The number of nitrogens with one attached hydrogen (secondary N) is 2. The predicted octanol–water partition coefficient (Wildman–Crippen LogP) is 3.49. The Kier molecular flexibility index (Phi) is 4.23. The van der Waals surface area contributed by atoms with Crippen LogP contribution in [0, 0.1) is 11.6 Å². The Morgan fingerprint density at radius 1 is 1.37 bits per heavy atom. The Morgan fingerprint density at radius 3 is 2.89 bits per heavy atom. The van der Waals surface area contributed by atoms with Crippen LogP contribution in [-0.2, 0) is 11.8 Å². The molecule has 1 unspecified atom stereocenters. The van der Waals surface area contributed by atoms with E-state index in [0.29, 0.717) is 17.4 Å². The van der Waals surface area contributed by atoms with Gasteiger partial charge in [0.25, 0.3) is 5.91 Å². The largest absolute Gasteiger partial charge is 0.311 e. The van der Waals surface area contributed by atoms with E-state index in [0.717, 1.165) is 17.0 Å². The summed E-state index contributed by atoms with van der Waals surface area (Å²) in [7, 11) is 1.64. The third-order valence-electron chi connectivity index (χ3n) is 4.37. The minimum atomic E-state index is -0.958. The first kappa shape index (κ1) is 17.3. The lowest BCUT2D eigenvalue weighted by molar-refractivity contribution is -0.116. The average molecular weight is 388 g/mol. The molecule has 1 aliphatic heterocycles. The van der Waals surface area contributed by atoms with Crippen molar-refractivity contribution in [2.75, 3.05) is 10.6 Å². The first-order valence-electron chi connectivity index (χ1n) is 8.10. The van der Waals surface area contributed by atoms with Gasteiger partial charge in [0.1, 0.15) is 17.5 Å². The normalized spacial score (nSPS) is 16.0. The van der Waals surface area contributed by atoms with E-state index < -0.39 is 17.5 Å². The minimum absolute atomic E-state index is 0.147. The molecular formula is C18H14F2N4O2S. The second-order valence-electron chi connectivity index (χ2n) is 6.13. The van der Waals surface area contributed by atoms with Crippen LogP contribution in [0.3, 0.4) is 0 Å². The van der Waals surface area contributed by atoms with Crippen molar-refractivity contribution in [3.63, 3.8) is 0 Å². The van der Waals surface area contributed by atoms with E-state index in [1.807, 2.05) is 17.5 Å². The van der Waals surface area contributed by atoms with E-state index in [2.05, 4.69) is 15.7 Å². The summed E-state index contributed by atoms with van der Waals surface area (Å²) < 4.78 is 28.5. The molecule has 3 aromatic rings. The lowest BCUT2D eigenvalue weighted by atomic mass is 9.92. The van der Waals surface area contributed by atoms with E-state index in [9.17, 15) is 18.4 Å². The third-order valence-corrected chi connectivity index (χ3v) is 5.36. The van der Waals surface area contributed by atoms with Gasteiger partial charge in [-0.1, -0.05) is 6.07 Å². The van der Waals surface area contributed by atoms with E-state index in [1.54, 1.807) is 7.05 Å². The Hall–Kier alpha value is -3.07. The highest BCUT2D eigenvalue weighted by Gasteiger charge is 2.34. The second kappa shape index (κ2) is 6.58. The van der Waals surface area contributed by atoms with Crippen molar-refractivity contribution in [3.05, 3.63) is 63.4 Å². The minimum Gasteiger partial charge on any atom is -0.311 e. The van der Waals surface area contributed by atoms with Gasteiger partial charge in [-0.05, 0) is 23.6 Å². The molecule has 1 aromatic carbocycles. The Bertz CT molecular complexity index is 1050. The molecule has 0 saturated carbocycles. The van der Waals surface area contributed by atoms with Gasteiger partial charge in [-0.15, -0.1) is 11.3 Å². The van der Waals surface area contributed by atoms with Crippen LogP contribution in [0.1, 0.15) is 33.1 Å². The molecule has 0 saturated heterocycles. The van der Waals surface area contributed by atoms with Crippen LogP contribution in [0.25, 0.3) is 0 Å². The highest BCUT2D eigenvalue weighted by Crippen LogP contribution is 2.42. The number of rotatable bonds is 3. The lowest BCUT2D eigenvalue weighted by Crippen LogP contribution is -2.25. The maximum Gasteiger partial charge on any atom is 0.259 e. The van der Waals surface area contributed by atoms with E-state index in [4.69, 9.17) is 0 Å². The average Bonchev–Trinajstić information content (AvgIpc) is 3.23. The van der Waals surface area contributed by atoms with Crippen molar-refractivity contribution in [3.8, 4) is 0 Å². The van der Waals surface area contributed by atoms with Crippen LogP contribution in [0.5, 0.6) is 0 Å². The summed E-state index contributed by atoms with van der Waals surface area (Å²) in [6, 6.07) is 6.54. The molecule has 1 aliphatic rings. The maximum absolute atomic E-state index is 13.9. The molecule has 0 radical (unpaired) electrons. The predicted molar refractivity (Wildman–Crippen MR) is 96.9 cm³/mol. The van der Waals surface area contributed by atoms with Crippen molar-refractivity contribution in [2.45, 2.75) is 12.3 Å². The zero-order valence-corrected chi connectivity index (χ0v) is 14.9. The van der Waals surface area contributed by atoms with Crippen LogP contribution >= 0.6 is 11.3 Å². The number of aromatic nitrogens is 2. The maximum atomic E-state index is 13.9. The van der Waals surface area contributed by atoms with Crippen LogP contribution < -0.4 is 10.6 Å². The van der Waals surface area contributed by atoms with E-state index in [1.165, 1.54) is 16.0 Å². The smallest absolute Gasteiger partial charge is 0.259 e. The Balaban J connectivity index is 1.73. The molecule has 0 fully saturated rings. The van der Waals surface area contributed by atoms with Crippen LogP contribution in [-0.4, -0.2) is 21.6 Å². The molecule has 3 heterocycles. The first-order valence-corrected chi connectivity index (χ1v) is 8.98. The number of nitrogens with zero attached hydrogens (tertiary/aromatic N) is 2. The van der Waals surface area contributed by atoms with E-state index >= 15 is 0 Å². The van der Waals surface area contributed by atoms with Gasteiger partial charge in [0.15, 0.2) is 5.82 Å². The molecular weight excluding hydrogens is 374 g/mol. The summed E-state index contributed by atoms with van der Waals surface area (Å²) in [6.45, 7) is 0. The van der Waals surface area contributed by atoms with E-state index in [-0.39, 0.29) is 29.6 Å². The van der Waals surface area contributed by atoms with Crippen LogP contribution in [0.15, 0.2) is 35.7 Å². The molecule has 2 aromatic heterocycles. The summed E-state index contributed by atoms with van der Waals surface area (Å²) in [5.41, 5.74) is 0.374. The fourth-order valence-electron chi connectivity index (χ4n) is 3.16. The number of amides is 2. The molecule has 4 rings (SSSR count). The van der Waals surface area contributed by atoms with Gasteiger partial charge >= 0.3 is 0 Å². The van der Waals surface area contributed by atoms with Gasteiger partial charge in [0.05, 0.1) is 5.56 Å². The van der Waals surface area contributed by atoms with Crippen molar-refractivity contribution in [1.29, 1.82) is 0 Å². The van der Waals surface area contributed by atoms with Gasteiger partial charge in [0.2, 0.25) is 5.91 Å². The molecule has 6 nitrogen and oxygen atoms in total. The molecule has 2 amide bonds. The number of carbonyl (C=O) groups is 2. The number of anilines is 2. The topological polar surface area (TPSA) is 76.0 Å². The summed E-state index contributed by atoms with van der Waals surface area (Å²) in [5.74, 6) is -2.16. The lowest BCUT2D eigenvalue weighted by Gasteiger charge is -2.23. The summed E-state index contributed by atoms with van der Waals surface area (Å²) >= 11 is 1.50. The van der Waals surface area contributed by atoms with Gasteiger partial charge in [-0.2, -0.15) is 5.10 Å². The van der Waals surface area contributed by atoms with Crippen LogP contribution in [0.2, 0.25) is 0 Å². The fraction of sp³-hybridized carbons (Fsp3) is 0.167. The van der Waals surface area contributed by atoms with Crippen LogP contribution in [0.4, 0.5) is 20.4 Å². The molecule has 138 valence electrons. The first-order chi connectivity index (χ1) is 12.9. The Labute approximate surface area is 156 Å². The number of halogens is 2. The number of hydrogen-bond acceptors (Lipinski definition) is 4. The molecule has 27 heavy (non-hydrogen) atoms. The number of thiophene rings is 1. The van der Waals surface area contributed by atoms with Crippen molar-refractivity contribution < 1.29 is 18.4 Å². The Morgan fingerprint density at radius 2 is 2.19 bits per heavy atom. The zero-order valence-electron chi connectivity index (χ0n) is 14.1. The standard InChI is InChI=1S/C18H14F2N4O2S/c1-24-17-15(11(8-14(25)21-17)13-3-2-6-27-13)16(23-24)22-18(26)10-5-4-9(19)7-12(10)20/h2-7,11H,8H2,1H3,(H,21,25)(H,22,23,26). The van der Waals surface area contributed by atoms with Gasteiger partial charge in [0, 0.05) is 35.9 Å². The number of fused-ring (bicyclic) bond motifs is 1. The van der Waals surface area contributed by atoms with Gasteiger partial charge in [-0.3, -0.25) is 14.3 Å². The SMILES string of the molecule is Cn1nc(NC(=O)c2ccc(F)cc2F)c2c1NC(=O)CC2c1cccs1. The zero-order chi connectivity index (χ0) is 19.1. The summed E-state index contributed by atoms with van der Waals surface area (Å²) in [5, 5.41) is 11.5. The summed E-state index contributed by atoms with van der Waals surface area (Å²) in [6.07, 6.45) is 0.215. The highest BCUT2D eigenvalue weighted by molar-refractivity contribution is 7.10. The highest BCUT2D eigenvalue weighted by atomic mass is 32.1. The van der Waals surface area contributed by atoms with Crippen molar-refractivity contribution in [2.24, 2.45) is 7.05 Å². The monoisotopic (exact) mass is 388 g/mol. The van der Waals surface area contributed by atoms with Crippen molar-refractivity contribution >= 4 is 34.8 Å². The molecule has 2 N–H and O–H groups in total. The molecule has 1 atom stereocenters. The molecule has 0 spiro atoms. The number of hydrogen-bond donors (Lipinski definition) is 2. The van der Waals surface area contributed by atoms with Gasteiger partial charge in [-0.25, -0.2) is 8.78 Å². The van der Waals surface area contributed by atoms with Gasteiger partial charge < -0.3 is 10.6 Å². The number of benzene rings is 1. The summed E-state index contributed by atoms with van der Waals surface area (Å²) in [4.78, 5) is 25.5. The quantitative estimate of drug-likeness (QED) is 0.721. The molecule has 0 bridgehead atoms. The number of carbonyl (C=O) groups excluding carboxylic acids is 2. The fourth-order valence-corrected chi connectivity index (χ4v) is 4.00. The molecule has 0 aliphatic carbocycles. The number of aryl methyl sites for hydroxylation is 1. The molecule has 9 heteroatoms. The third kappa shape index (κ3) is 3.10. The van der Waals surface area contributed by atoms with Crippen molar-refractivity contribution in [1.82, 2.24) is 9.78 Å².